The van der Waals surface area contributed by atoms with Gasteiger partial charge in [0.05, 0.1) is 12.0 Å². The molecule has 3 saturated heterocycles. The molecule has 0 aromatic rings. The van der Waals surface area contributed by atoms with Crippen molar-refractivity contribution < 1.29 is 19.1 Å². The number of nitrogens with zero attached hydrogens (tertiary/aromatic N) is 2. The van der Waals surface area contributed by atoms with Crippen LogP contribution in [-0.4, -0.2) is 87.3 Å². The smallest absolute Gasteiger partial charge is 0.251 e. The number of nitrogens with one attached hydrogen (secondary N) is 1. The minimum atomic E-state index is -0.402. The highest BCUT2D eigenvalue weighted by atomic mass is 35.5. The number of carbonyl (C=O) groups excluding carboxylic acids is 2. The second-order valence-electron chi connectivity index (χ2n) is 7.08. The Kier molecular flexibility index (Phi) is 7.49. The van der Waals surface area contributed by atoms with E-state index in [2.05, 4.69) is 5.32 Å². The van der Waals surface area contributed by atoms with Crippen molar-refractivity contribution in [1.82, 2.24) is 15.1 Å². The Balaban J connectivity index is 0.00000225. The van der Waals surface area contributed by atoms with Crippen molar-refractivity contribution in [2.24, 2.45) is 5.41 Å². The summed E-state index contributed by atoms with van der Waals surface area (Å²) in [6, 6.07) is 0. The van der Waals surface area contributed by atoms with Gasteiger partial charge in [0.25, 0.3) is 5.91 Å². The molecule has 3 aliphatic rings. The Morgan fingerprint density at radius 3 is 2.36 bits per heavy atom. The molecule has 0 bridgehead atoms. The average Bonchev–Trinajstić information content (AvgIpc) is 3.16. The maximum absolute atomic E-state index is 13.1. The summed E-state index contributed by atoms with van der Waals surface area (Å²) < 4.78 is 10.9. The van der Waals surface area contributed by atoms with Gasteiger partial charge < -0.3 is 24.6 Å². The lowest BCUT2D eigenvalue weighted by Gasteiger charge is -2.43. The summed E-state index contributed by atoms with van der Waals surface area (Å²) in [5.74, 6) is 0.281. The Labute approximate surface area is 155 Å². The summed E-state index contributed by atoms with van der Waals surface area (Å²) in [5, 5.41) is 3.32. The Morgan fingerprint density at radius 2 is 1.80 bits per heavy atom. The first-order chi connectivity index (χ1) is 11.7. The zero-order chi connectivity index (χ0) is 17.0. The molecule has 1 atom stereocenters. The molecule has 2 amide bonds. The second kappa shape index (κ2) is 9.16. The molecule has 0 spiro atoms. The van der Waals surface area contributed by atoms with E-state index in [9.17, 15) is 9.59 Å². The highest BCUT2D eigenvalue weighted by Gasteiger charge is 2.43. The third-order valence-electron chi connectivity index (χ3n) is 5.52. The minimum Gasteiger partial charge on any atom is -0.384 e. The van der Waals surface area contributed by atoms with Crippen molar-refractivity contribution >= 4 is 24.2 Å². The van der Waals surface area contributed by atoms with Crippen LogP contribution in [0.2, 0.25) is 0 Å². The average molecular weight is 376 g/mol. The van der Waals surface area contributed by atoms with Crippen LogP contribution in [0.1, 0.15) is 25.7 Å². The molecular formula is C17H30ClN3O4. The van der Waals surface area contributed by atoms with Crippen molar-refractivity contribution in [3.05, 3.63) is 0 Å². The van der Waals surface area contributed by atoms with Gasteiger partial charge in [0.15, 0.2) is 0 Å². The van der Waals surface area contributed by atoms with Crippen LogP contribution in [0.3, 0.4) is 0 Å². The number of ether oxygens (including phenoxy) is 2. The minimum absolute atomic E-state index is 0. The predicted molar refractivity (Wildman–Crippen MR) is 95.8 cm³/mol. The van der Waals surface area contributed by atoms with Crippen LogP contribution in [0.15, 0.2) is 0 Å². The van der Waals surface area contributed by atoms with Gasteiger partial charge in [0, 0.05) is 39.9 Å². The van der Waals surface area contributed by atoms with Gasteiger partial charge >= 0.3 is 0 Å². The molecule has 3 aliphatic heterocycles. The molecule has 3 heterocycles. The van der Waals surface area contributed by atoms with Crippen molar-refractivity contribution in [2.45, 2.75) is 31.8 Å². The van der Waals surface area contributed by atoms with Gasteiger partial charge in [0.2, 0.25) is 5.91 Å². The van der Waals surface area contributed by atoms with Crippen LogP contribution in [0.5, 0.6) is 0 Å². The lowest BCUT2D eigenvalue weighted by molar-refractivity contribution is -0.153. The summed E-state index contributed by atoms with van der Waals surface area (Å²) in [7, 11) is 1.66. The Morgan fingerprint density at radius 1 is 1.16 bits per heavy atom. The van der Waals surface area contributed by atoms with E-state index in [1.54, 1.807) is 7.11 Å². The first-order valence-corrected chi connectivity index (χ1v) is 9.06. The number of methoxy groups -OCH3 is 1. The molecule has 3 rings (SSSR count). The van der Waals surface area contributed by atoms with E-state index in [-0.39, 0.29) is 30.3 Å². The first-order valence-electron chi connectivity index (χ1n) is 9.06. The van der Waals surface area contributed by atoms with Gasteiger partial charge in [-0.3, -0.25) is 9.59 Å². The van der Waals surface area contributed by atoms with Gasteiger partial charge in [-0.05, 0) is 38.8 Å². The molecule has 0 radical (unpaired) electrons. The number of halogens is 1. The standard InChI is InChI=1S/C17H29N3O4.ClH/c1-23-13-17(4-6-18-7-5-17)16(22)20-10-8-19(9-11-20)15(21)14-3-2-12-24-14;/h14,18H,2-13H2,1H3;1H. The van der Waals surface area contributed by atoms with Crippen molar-refractivity contribution in [3.63, 3.8) is 0 Å². The van der Waals surface area contributed by atoms with E-state index in [1.807, 2.05) is 9.80 Å². The molecule has 0 saturated carbocycles. The van der Waals surface area contributed by atoms with E-state index in [1.165, 1.54) is 0 Å². The zero-order valence-corrected chi connectivity index (χ0v) is 15.8. The van der Waals surface area contributed by atoms with Crippen molar-refractivity contribution in [3.8, 4) is 0 Å². The normalized spacial score (nSPS) is 26.2. The largest absolute Gasteiger partial charge is 0.384 e. The third kappa shape index (κ3) is 4.45. The van der Waals surface area contributed by atoms with Gasteiger partial charge in [-0.15, -0.1) is 12.4 Å². The number of piperazine rings is 1. The van der Waals surface area contributed by atoms with Crippen LogP contribution >= 0.6 is 12.4 Å². The van der Waals surface area contributed by atoms with Crippen molar-refractivity contribution in [2.75, 3.05) is 59.6 Å². The second-order valence-corrected chi connectivity index (χ2v) is 7.08. The van der Waals surface area contributed by atoms with E-state index in [0.717, 1.165) is 38.8 Å². The van der Waals surface area contributed by atoms with Gasteiger partial charge in [-0.2, -0.15) is 0 Å². The van der Waals surface area contributed by atoms with E-state index >= 15 is 0 Å². The predicted octanol–water partition coefficient (Wildman–Crippen LogP) is 0.274. The van der Waals surface area contributed by atoms with E-state index in [0.29, 0.717) is 39.4 Å². The highest BCUT2D eigenvalue weighted by molar-refractivity contribution is 5.85. The van der Waals surface area contributed by atoms with Crippen LogP contribution in [0, 0.1) is 5.41 Å². The van der Waals surface area contributed by atoms with Gasteiger partial charge in [0.1, 0.15) is 6.10 Å². The SMILES string of the molecule is COCC1(C(=O)N2CCN(C(=O)C3CCCO3)CC2)CCNCC1.Cl. The lowest BCUT2D eigenvalue weighted by Crippen LogP contribution is -2.58. The van der Waals surface area contributed by atoms with Crippen LogP contribution < -0.4 is 5.32 Å². The molecule has 0 aliphatic carbocycles. The number of rotatable bonds is 4. The van der Waals surface area contributed by atoms with Crippen LogP contribution in [-0.2, 0) is 19.1 Å². The summed E-state index contributed by atoms with van der Waals surface area (Å²) in [5.41, 5.74) is -0.402. The van der Waals surface area contributed by atoms with E-state index in [4.69, 9.17) is 9.47 Å². The monoisotopic (exact) mass is 375 g/mol. The molecule has 1 unspecified atom stereocenters. The van der Waals surface area contributed by atoms with Gasteiger partial charge in [-0.25, -0.2) is 0 Å². The molecule has 25 heavy (non-hydrogen) atoms. The summed E-state index contributed by atoms with van der Waals surface area (Å²) in [6.45, 7) is 5.29. The first kappa shape index (κ1) is 20.4. The molecule has 7 nitrogen and oxygen atoms in total. The third-order valence-corrected chi connectivity index (χ3v) is 5.52. The highest BCUT2D eigenvalue weighted by Crippen LogP contribution is 2.32. The summed E-state index contributed by atoms with van der Waals surface area (Å²) in [6.07, 6.45) is 3.14. The summed E-state index contributed by atoms with van der Waals surface area (Å²) in [4.78, 5) is 29.3. The fraction of sp³-hybridized carbons (Fsp3) is 0.882. The number of hydrogen-bond acceptors (Lipinski definition) is 5. The summed E-state index contributed by atoms with van der Waals surface area (Å²) >= 11 is 0. The zero-order valence-electron chi connectivity index (χ0n) is 15.0. The fourth-order valence-electron chi connectivity index (χ4n) is 4.04. The van der Waals surface area contributed by atoms with Gasteiger partial charge in [-0.1, -0.05) is 0 Å². The lowest BCUT2D eigenvalue weighted by atomic mass is 9.78. The van der Waals surface area contributed by atoms with Crippen molar-refractivity contribution in [1.29, 1.82) is 0 Å². The molecule has 8 heteroatoms. The Bertz CT molecular complexity index is 451. The molecule has 0 aromatic carbocycles. The van der Waals surface area contributed by atoms with Crippen LogP contribution in [0.25, 0.3) is 0 Å². The van der Waals surface area contributed by atoms with E-state index < -0.39 is 5.41 Å². The molecule has 1 N–H and O–H groups in total. The van der Waals surface area contributed by atoms with Crippen LogP contribution in [0.4, 0.5) is 0 Å². The quantitative estimate of drug-likeness (QED) is 0.764. The molecule has 0 aromatic heterocycles. The molecular weight excluding hydrogens is 346 g/mol. The maximum Gasteiger partial charge on any atom is 0.251 e. The number of carbonyl (C=O) groups is 2. The molecule has 3 fully saturated rings. The fourth-order valence-corrected chi connectivity index (χ4v) is 4.04. The maximum atomic E-state index is 13.1. The topological polar surface area (TPSA) is 71.1 Å². The number of amides is 2. The number of hydrogen-bond donors (Lipinski definition) is 1. The Hall–Kier alpha value is -0.890. The number of piperidine rings is 1. The molecule has 144 valence electrons.